The molecule has 2 aliphatic rings. The summed E-state index contributed by atoms with van der Waals surface area (Å²) in [5, 5.41) is 0. The lowest BCUT2D eigenvalue weighted by Crippen LogP contribution is -2.36. The van der Waals surface area contributed by atoms with Gasteiger partial charge in [0.2, 0.25) is 17.8 Å². The van der Waals surface area contributed by atoms with Crippen LogP contribution in [0, 0.1) is 25.7 Å². The van der Waals surface area contributed by atoms with E-state index in [9.17, 15) is 9.59 Å². The molecule has 2 saturated heterocycles. The number of hydrogen-bond donors (Lipinski definition) is 0. The van der Waals surface area contributed by atoms with Gasteiger partial charge in [-0.3, -0.25) is 14.5 Å². The first-order valence-corrected chi connectivity index (χ1v) is 8.49. The maximum absolute atomic E-state index is 12.8. The molecule has 6 nitrogen and oxygen atoms in total. The van der Waals surface area contributed by atoms with Crippen molar-refractivity contribution in [1.29, 1.82) is 0 Å². The monoisotopic (exact) mass is 336 g/mol. The number of imide groups is 1. The topological polar surface area (TPSA) is 66.4 Å². The van der Waals surface area contributed by atoms with Crippen LogP contribution in [0.1, 0.15) is 17.0 Å². The average molecular weight is 336 g/mol. The van der Waals surface area contributed by atoms with Crippen molar-refractivity contribution in [1.82, 2.24) is 14.9 Å². The van der Waals surface area contributed by atoms with Gasteiger partial charge in [0, 0.05) is 24.5 Å². The van der Waals surface area contributed by atoms with E-state index in [1.807, 2.05) is 55.1 Å². The van der Waals surface area contributed by atoms with Crippen LogP contribution in [-0.2, 0) is 16.1 Å². The minimum absolute atomic E-state index is 0.0780. The van der Waals surface area contributed by atoms with Gasteiger partial charge in [-0.05, 0) is 25.5 Å². The third-order valence-electron chi connectivity index (χ3n) is 4.92. The summed E-state index contributed by atoms with van der Waals surface area (Å²) in [7, 11) is 0. The number of nitrogens with zero attached hydrogens (tertiary/aromatic N) is 4. The van der Waals surface area contributed by atoms with Crippen molar-refractivity contribution in [2.24, 2.45) is 11.8 Å². The van der Waals surface area contributed by atoms with E-state index in [0.717, 1.165) is 17.0 Å². The highest BCUT2D eigenvalue weighted by molar-refractivity contribution is 6.06. The van der Waals surface area contributed by atoms with E-state index in [1.54, 1.807) is 0 Å². The van der Waals surface area contributed by atoms with Crippen LogP contribution in [0.4, 0.5) is 5.95 Å². The van der Waals surface area contributed by atoms with Crippen molar-refractivity contribution in [2.75, 3.05) is 18.0 Å². The Morgan fingerprint density at radius 2 is 1.52 bits per heavy atom. The molecule has 25 heavy (non-hydrogen) atoms. The highest BCUT2D eigenvalue weighted by Gasteiger charge is 2.52. The van der Waals surface area contributed by atoms with E-state index in [4.69, 9.17) is 0 Å². The lowest BCUT2D eigenvalue weighted by atomic mass is 10.00. The third kappa shape index (κ3) is 2.77. The molecule has 0 bridgehead atoms. The number of amides is 2. The molecule has 0 radical (unpaired) electrons. The molecule has 2 atom stereocenters. The Bertz CT molecular complexity index is 792. The molecule has 4 rings (SSSR count). The van der Waals surface area contributed by atoms with Gasteiger partial charge in [-0.15, -0.1) is 0 Å². The predicted octanol–water partition coefficient (Wildman–Crippen LogP) is 1.71. The van der Waals surface area contributed by atoms with E-state index in [2.05, 4.69) is 9.97 Å². The van der Waals surface area contributed by atoms with E-state index >= 15 is 0 Å². The Balaban J connectivity index is 1.52. The van der Waals surface area contributed by atoms with Crippen molar-refractivity contribution in [2.45, 2.75) is 20.4 Å². The first-order chi connectivity index (χ1) is 12.0. The third-order valence-corrected chi connectivity index (χ3v) is 4.92. The molecule has 1 aromatic heterocycles. The summed E-state index contributed by atoms with van der Waals surface area (Å²) in [5.41, 5.74) is 2.75. The second kappa shape index (κ2) is 5.95. The summed E-state index contributed by atoms with van der Waals surface area (Å²) in [5.74, 6) is -0.125. The second-order valence-electron chi connectivity index (χ2n) is 6.82. The average Bonchev–Trinajstić information content (AvgIpc) is 3.11. The molecule has 2 amide bonds. The first-order valence-electron chi connectivity index (χ1n) is 8.49. The summed E-state index contributed by atoms with van der Waals surface area (Å²) in [6.07, 6.45) is 0. The van der Waals surface area contributed by atoms with Gasteiger partial charge < -0.3 is 4.90 Å². The fraction of sp³-hybridized carbons (Fsp3) is 0.368. The summed E-state index contributed by atoms with van der Waals surface area (Å²) >= 11 is 0. The van der Waals surface area contributed by atoms with E-state index in [-0.39, 0.29) is 23.7 Å². The zero-order valence-electron chi connectivity index (χ0n) is 14.3. The number of aryl methyl sites for hydroxylation is 2. The molecule has 2 unspecified atom stereocenters. The van der Waals surface area contributed by atoms with Crippen LogP contribution in [-0.4, -0.2) is 39.8 Å². The van der Waals surface area contributed by atoms with Gasteiger partial charge in [0.1, 0.15) is 0 Å². The predicted molar refractivity (Wildman–Crippen MR) is 92.7 cm³/mol. The number of benzene rings is 1. The van der Waals surface area contributed by atoms with E-state index < -0.39 is 0 Å². The van der Waals surface area contributed by atoms with Gasteiger partial charge in [-0.2, -0.15) is 0 Å². The van der Waals surface area contributed by atoms with Crippen LogP contribution in [0.3, 0.4) is 0 Å². The number of carbonyl (C=O) groups excluding carboxylic acids is 2. The number of fused-ring (bicyclic) bond motifs is 1. The minimum atomic E-state index is -0.291. The zero-order valence-corrected chi connectivity index (χ0v) is 14.3. The molecule has 2 fully saturated rings. The Morgan fingerprint density at radius 3 is 2.08 bits per heavy atom. The number of anilines is 1. The smallest absolute Gasteiger partial charge is 0.235 e. The molecule has 0 saturated carbocycles. The van der Waals surface area contributed by atoms with Crippen LogP contribution in [0.2, 0.25) is 0 Å². The molecular weight excluding hydrogens is 316 g/mol. The molecule has 6 heteroatoms. The van der Waals surface area contributed by atoms with Crippen LogP contribution >= 0.6 is 0 Å². The van der Waals surface area contributed by atoms with Crippen molar-refractivity contribution < 1.29 is 9.59 Å². The van der Waals surface area contributed by atoms with E-state index in [0.29, 0.717) is 25.6 Å². The van der Waals surface area contributed by atoms with Crippen molar-refractivity contribution in [3.05, 3.63) is 53.3 Å². The highest BCUT2D eigenvalue weighted by atomic mass is 16.2. The SMILES string of the molecule is Cc1cc(C)nc(N2CC3C(=O)N(Cc4ccccc4)C(=O)C3C2)n1. The quantitative estimate of drug-likeness (QED) is 0.799. The summed E-state index contributed by atoms with van der Waals surface area (Å²) in [6.45, 7) is 5.21. The fourth-order valence-electron chi connectivity index (χ4n) is 3.75. The highest BCUT2D eigenvalue weighted by Crippen LogP contribution is 2.35. The number of rotatable bonds is 3. The number of carbonyl (C=O) groups is 2. The summed E-state index contributed by atoms with van der Waals surface area (Å²) in [6, 6.07) is 11.5. The molecule has 0 spiro atoms. The first kappa shape index (κ1) is 15.7. The zero-order chi connectivity index (χ0) is 17.6. The Hall–Kier alpha value is -2.76. The van der Waals surface area contributed by atoms with Crippen LogP contribution < -0.4 is 4.90 Å². The van der Waals surface area contributed by atoms with Gasteiger partial charge in [-0.1, -0.05) is 30.3 Å². The van der Waals surface area contributed by atoms with Crippen LogP contribution in [0.5, 0.6) is 0 Å². The number of hydrogen-bond acceptors (Lipinski definition) is 5. The Morgan fingerprint density at radius 1 is 0.960 bits per heavy atom. The molecular formula is C19H20N4O2. The molecule has 0 aliphatic carbocycles. The molecule has 128 valence electrons. The standard InChI is InChI=1S/C19H20N4O2/c1-12-8-13(2)21-19(20-12)22-10-15-16(11-22)18(25)23(17(15)24)9-14-6-4-3-5-7-14/h3-8,15-16H,9-11H2,1-2H3. The normalized spacial score (nSPS) is 22.6. The maximum atomic E-state index is 12.8. The molecule has 2 aliphatic heterocycles. The lowest BCUT2D eigenvalue weighted by Gasteiger charge is -2.21. The minimum Gasteiger partial charge on any atom is -0.339 e. The van der Waals surface area contributed by atoms with Crippen molar-refractivity contribution in [3.8, 4) is 0 Å². The van der Waals surface area contributed by atoms with E-state index in [1.165, 1.54) is 4.90 Å². The largest absolute Gasteiger partial charge is 0.339 e. The molecule has 2 aromatic rings. The second-order valence-corrected chi connectivity index (χ2v) is 6.82. The van der Waals surface area contributed by atoms with Crippen LogP contribution in [0.25, 0.3) is 0 Å². The van der Waals surface area contributed by atoms with Gasteiger partial charge in [0.05, 0.1) is 18.4 Å². The maximum Gasteiger partial charge on any atom is 0.235 e. The number of likely N-dealkylation sites (tertiary alicyclic amines) is 1. The number of aromatic nitrogens is 2. The molecule has 1 aromatic carbocycles. The van der Waals surface area contributed by atoms with Gasteiger partial charge in [0.25, 0.3) is 0 Å². The Labute approximate surface area is 146 Å². The molecule has 0 N–H and O–H groups in total. The summed E-state index contributed by atoms with van der Waals surface area (Å²) < 4.78 is 0. The fourth-order valence-corrected chi connectivity index (χ4v) is 3.75. The Kier molecular flexibility index (Phi) is 3.75. The van der Waals surface area contributed by atoms with Gasteiger partial charge in [-0.25, -0.2) is 9.97 Å². The van der Waals surface area contributed by atoms with Crippen molar-refractivity contribution in [3.63, 3.8) is 0 Å². The lowest BCUT2D eigenvalue weighted by molar-refractivity contribution is -0.140. The van der Waals surface area contributed by atoms with Gasteiger partial charge in [0.15, 0.2) is 0 Å². The van der Waals surface area contributed by atoms with Crippen LogP contribution in [0.15, 0.2) is 36.4 Å². The van der Waals surface area contributed by atoms with Gasteiger partial charge >= 0.3 is 0 Å². The van der Waals surface area contributed by atoms with Crippen molar-refractivity contribution >= 4 is 17.8 Å². The summed E-state index contributed by atoms with van der Waals surface area (Å²) in [4.78, 5) is 37.8. The molecule has 3 heterocycles.